The number of likely N-dealkylation sites (N-methyl/N-ethyl adjacent to an activating group) is 1. The van der Waals surface area contributed by atoms with Crippen LogP contribution in [0.25, 0.3) is 11.4 Å². The van der Waals surface area contributed by atoms with E-state index in [-0.39, 0.29) is 12.1 Å². The third-order valence-corrected chi connectivity index (χ3v) is 4.10. The normalized spacial score (nSPS) is 20.8. The zero-order valence-electron chi connectivity index (χ0n) is 12.3. The molecule has 1 aromatic heterocycles. The van der Waals surface area contributed by atoms with E-state index in [1.54, 1.807) is 6.20 Å². The number of imidazole rings is 1. The van der Waals surface area contributed by atoms with Gasteiger partial charge in [-0.3, -0.25) is 4.90 Å². The predicted octanol–water partition coefficient (Wildman–Crippen LogP) is 1.40. The minimum absolute atomic E-state index is 0.169. The standard InChI is InChI=1S/C16H22N4O/c1-17-15(11-20-8-5-14(21)10-20)12-3-2-4-13(9-12)16-18-6-7-19-16/h2-4,6-7,9,14-15,17,21H,5,8,10-11H2,1H3,(H,18,19)/t14-,15-/m1/s1. The first-order valence-electron chi connectivity index (χ1n) is 7.43. The molecule has 5 heteroatoms. The molecule has 2 aromatic rings. The van der Waals surface area contributed by atoms with Crippen LogP contribution in [-0.2, 0) is 0 Å². The molecule has 0 saturated carbocycles. The van der Waals surface area contributed by atoms with Crippen LogP contribution in [0.5, 0.6) is 0 Å². The lowest BCUT2D eigenvalue weighted by Gasteiger charge is -2.23. The second-order valence-corrected chi connectivity index (χ2v) is 5.61. The number of benzene rings is 1. The number of likely N-dealkylation sites (tertiary alicyclic amines) is 1. The molecule has 0 unspecified atom stereocenters. The van der Waals surface area contributed by atoms with Crippen LogP contribution in [0.3, 0.4) is 0 Å². The molecular formula is C16H22N4O. The first-order chi connectivity index (χ1) is 10.3. The molecule has 3 rings (SSSR count). The minimum Gasteiger partial charge on any atom is -0.392 e. The Morgan fingerprint density at radius 3 is 3.10 bits per heavy atom. The molecule has 1 aliphatic rings. The summed E-state index contributed by atoms with van der Waals surface area (Å²) in [5.74, 6) is 0.892. The number of H-pyrrole nitrogens is 1. The van der Waals surface area contributed by atoms with E-state index in [0.717, 1.165) is 37.4 Å². The Balaban J connectivity index is 1.76. The van der Waals surface area contributed by atoms with E-state index in [0.29, 0.717) is 0 Å². The second kappa shape index (κ2) is 6.39. The number of β-amino-alcohol motifs (C(OH)–C–C–N with tert-alkyl or cyclic N) is 1. The first kappa shape index (κ1) is 14.3. The minimum atomic E-state index is -0.169. The van der Waals surface area contributed by atoms with Crippen molar-refractivity contribution >= 4 is 0 Å². The lowest BCUT2D eigenvalue weighted by atomic mass is 10.0. The number of hydrogen-bond donors (Lipinski definition) is 3. The summed E-state index contributed by atoms with van der Waals surface area (Å²) in [4.78, 5) is 9.76. The zero-order chi connectivity index (χ0) is 14.7. The Hall–Kier alpha value is -1.69. The van der Waals surface area contributed by atoms with Gasteiger partial charge in [-0.15, -0.1) is 0 Å². The Bertz CT molecular complexity index is 569. The van der Waals surface area contributed by atoms with Crippen molar-refractivity contribution in [3.63, 3.8) is 0 Å². The van der Waals surface area contributed by atoms with Gasteiger partial charge in [0.2, 0.25) is 0 Å². The summed E-state index contributed by atoms with van der Waals surface area (Å²) >= 11 is 0. The highest BCUT2D eigenvalue weighted by Crippen LogP contribution is 2.22. The molecule has 0 aliphatic carbocycles. The number of rotatable bonds is 5. The molecule has 0 bridgehead atoms. The molecule has 0 radical (unpaired) electrons. The van der Waals surface area contributed by atoms with Gasteiger partial charge in [0.15, 0.2) is 0 Å². The topological polar surface area (TPSA) is 64.2 Å². The predicted molar refractivity (Wildman–Crippen MR) is 82.9 cm³/mol. The van der Waals surface area contributed by atoms with Crippen molar-refractivity contribution in [2.24, 2.45) is 0 Å². The highest BCUT2D eigenvalue weighted by molar-refractivity contribution is 5.56. The second-order valence-electron chi connectivity index (χ2n) is 5.61. The van der Waals surface area contributed by atoms with E-state index in [9.17, 15) is 5.11 Å². The van der Waals surface area contributed by atoms with Gasteiger partial charge in [-0.25, -0.2) is 4.98 Å². The summed E-state index contributed by atoms with van der Waals surface area (Å²) in [6.07, 6.45) is 4.31. The number of hydrogen-bond acceptors (Lipinski definition) is 4. The van der Waals surface area contributed by atoms with E-state index < -0.39 is 0 Å². The van der Waals surface area contributed by atoms with E-state index in [4.69, 9.17) is 0 Å². The molecular weight excluding hydrogens is 264 g/mol. The number of nitrogens with zero attached hydrogens (tertiary/aromatic N) is 2. The van der Waals surface area contributed by atoms with Crippen LogP contribution in [0.1, 0.15) is 18.0 Å². The molecule has 112 valence electrons. The van der Waals surface area contributed by atoms with Crippen LogP contribution in [0.2, 0.25) is 0 Å². The zero-order valence-corrected chi connectivity index (χ0v) is 12.3. The van der Waals surface area contributed by atoms with Crippen LogP contribution in [0.4, 0.5) is 0 Å². The van der Waals surface area contributed by atoms with E-state index in [2.05, 4.69) is 44.5 Å². The number of aromatic nitrogens is 2. The van der Waals surface area contributed by atoms with Gasteiger partial charge in [-0.2, -0.15) is 0 Å². The van der Waals surface area contributed by atoms with Crippen molar-refractivity contribution in [2.75, 3.05) is 26.7 Å². The fourth-order valence-electron chi connectivity index (χ4n) is 2.93. The molecule has 1 fully saturated rings. The average Bonchev–Trinajstić information content (AvgIpc) is 3.16. The van der Waals surface area contributed by atoms with Gasteiger partial charge in [0.25, 0.3) is 0 Å². The molecule has 5 nitrogen and oxygen atoms in total. The number of nitrogens with one attached hydrogen (secondary N) is 2. The maximum atomic E-state index is 9.65. The van der Waals surface area contributed by atoms with Gasteiger partial charge in [0.05, 0.1) is 6.10 Å². The summed E-state index contributed by atoms with van der Waals surface area (Å²) in [6, 6.07) is 8.70. The van der Waals surface area contributed by atoms with Gasteiger partial charge in [-0.1, -0.05) is 18.2 Å². The number of aromatic amines is 1. The molecule has 0 amide bonds. The van der Waals surface area contributed by atoms with Crippen LogP contribution in [0, 0.1) is 0 Å². The largest absolute Gasteiger partial charge is 0.392 e. The number of aliphatic hydroxyl groups excluding tert-OH is 1. The lowest BCUT2D eigenvalue weighted by Crippen LogP contribution is -2.33. The van der Waals surface area contributed by atoms with Crippen molar-refractivity contribution in [3.05, 3.63) is 42.2 Å². The Morgan fingerprint density at radius 1 is 1.52 bits per heavy atom. The van der Waals surface area contributed by atoms with Crippen molar-refractivity contribution in [3.8, 4) is 11.4 Å². The summed E-state index contributed by atoms with van der Waals surface area (Å²) < 4.78 is 0. The average molecular weight is 286 g/mol. The van der Waals surface area contributed by atoms with Gasteiger partial charge in [-0.05, 0) is 25.1 Å². The highest BCUT2D eigenvalue weighted by atomic mass is 16.3. The maximum absolute atomic E-state index is 9.65. The monoisotopic (exact) mass is 286 g/mol. The summed E-state index contributed by atoms with van der Waals surface area (Å²) in [7, 11) is 1.98. The Kier molecular flexibility index (Phi) is 4.34. The van der Waals surface area contributed by atoms with E-state index in [1.807, 2.05) is 13.2 Å². The van der Waals surface area contributed by atoms with Gasteiger partial charge >= 0.3 is 0 Å². The van der Waals surface area contributed by atoms with Crippen LogP contribution < -0.4 is 5.32 Å². The van der Waals surface area contributed by atoms with Crippen molar-refractivity contribution in [2.45, 2.75) is 18.6 Å². The molecule has 1 saturated heterocycles. The molecule has 3 N–H and O–H groups in total. The summed E-state index contributed by atoms with van der Waals surface area (Å²) in [6.45, 7) is 2.66. The number of aliphatic hydroxyl groups is 1. The third kappa shape index (κ3) is 3.32. The summed E-state index contributed by atoms with van der Waals surface area (Å²) in [5, 5.41) is 13.0. The quantitative estimate of drug-likeness (QED) is 0.777. The first-order valence-corrected chi connectivity index (χ1v) is 7.43. The van der Waals surface area contributed by atoms with Crippen molar-refractivity contribution in [1.82, 2.24) is 20.2 Å². The smallest absolute Gasteiger partial charge is 0.137 e. The highest BCUT2D eigenvalue weighted by Gasteiger charge is 2.23. The summed E-state index contributed by atoms with van der Waals surface area (Å²) in [5.41, 5.74) is 2.34. The van der Waals surface area contributed by atoms with Crippen LogP contribution in [0.15, 0.2) is 36.7 Å². The Labute approximate surface area is 125 Å². The molecule has 2 atom stereocenters. The van der Waals surface area contributed by atoms with Crippen molar-refractivity contribution < 1.29 is 5.11 Å². The molecule has 0 spiro atoms. The SMILES string of the molecule is CN[C@H](CN1CC[C@@H](O)C1)c1cccc(-c2ncc[nH]2)c1. The lowest BCUT2D eigenvalue weighted by molar-refractivity contribution is 0.173. The maximum Gasteiger partial charge on any atom is 0.137 e. The Morgan fingerprint density at radius 2 is 2.43 bits per heavy atom. The van der Waals surface area contributed by atoms with Crippen molar-refractivity contribution in [1.29, 1.82) is 0 Å². The molecule has 1 aromatic carbocycles. The fourth-order valence-corrected chi connectivity index (χ4v) is 2.93. The van der Waals surface area contributed by atoms with Crippen LogP contribution >= 0.6 is 0 Å². The molecule has 1 aliphatic heterocycles. The van der Waals surface area contributed by atoms with E-state index in [1.165, 1.54) is 5.56 Å². The van der Waals surface area contributed by atoms with Gasteiger partial charge in [0, 0.05) is 43.6 Å². The molecule has 21 heavy (non-hydrogen) atoms. The van der Waals surface area contributed by atoms with Gasteiger partial charge in [0.1, 0.15) is 5.82 Å². The van der Waals surface area contributed by atoms with Gasteiger partial charge < -0.3 is 15.4 Å². The van der Waals surface area contributed by atoms with E-state index >= 15 is 0 Å². The third-order valence-electron chi connectivity index (χ3n) is 4.10. The molecule has 2 heterocycles. The van der Waals surface area contributed by atoms with Crippen LogP contribution in [-0.4, -0.2) is 52.8 Å². The fraction of sp³-hybridized carbons (Fsp3) is 0.438.